The summed E-state index contributed by atoms with van der Waals surface area (Å²) in [5, 5.41) is 11.2. The molecule has 1 spiro atoms. The number of aliphatic hydroxyl groups is 1. The van der Waals surface area contributed by atoms with Gasteiger partial charge >= 0.3 is 0 Å². The van der Waals surface area contributed by atoms with E-state index in [-0.39, 0.29) is 17.9 Å². The molecule has 2 aliphatic rings. The molecule has 7 heteroatoms. The third-order valence-electron chi connectivity index (χ3n) is 7.04. The van der Waals surface area contributed by atoms with Crippen molar-refractivity contribution in [2.75, 3.05) is 26.2 Å². The number of piperidine rings is 2. The lowest BCUT2D eigenvalue weighted by Crippen LogP contribution is -2.60. The zero-order valence-corrected chi connectivity index (χ0v) is 19.6. The molecule has 3 atom stereocenters. The maximum absolute atomic E-state index is 13.8. The van der Waals surface area contributed by atoms with E-state index >= 15 is 0 Å². The molecule has 2 aliphatic heterocycles. The van der Waals surface area contributed by atoms with Gasteiger partial charge in [-0.25, -0.2) is 0 Å². The molecule has 1 aromatic rings. The summed E-state index contributed by atoms with van der Waals surface area (Å²) in [5.41, 5.74) is 12.0. The zero-order valence-electron chi connectivity index (χ0n) is 19.6. The lowest BCUT2D eigenvalue weighted by atomic mass is 9.68. The Balaban J connectivity index is 1.72. The Morgan fingerprint density at radius 2 is 1.84 bits per heavy atom. The molecule has 0 unspecified atom stereocenters. The van der Waals surface area contributed by atoms with Gasteiger partial charge in [0, 0.05) is 19.6 Å². The van der Waals surface area contributed by atoms with Gasteiger partial charge in [0.2, 0.25) is 11.8 Å². The minimum atomic E-state index is -0.630. The highest BCUT2D eigenvalue weighted by Crippen LogP contribution is 2.47. The zero-order chi connectivity index (χ0) is 23.3. The number of hydrogen-bond donors (Lipinski definition) is 3. The topological polar surface area (TPSA) is 113 Å². The summed E-state index contributed by atoms with van der Waals surface area (Å²) in [6, 6.07) is 8.98. The van der Waals surface area contributed by atoms with Gasteiger partial charge in [0.25, 0.3) is 0 Å². The van der Waals surface area contributed by atoms with Crippen molar-refractivity contribution in [1.82, 2.24) is 9.80 Å². The highest BCUT2D eigenvalue weighted by Gasteiger charge is 2.52. The molecule has 7 nitrogen and oxygen atoms in total. The summed E-state index contributed by atoms with van der Waals surface area (Å²) in [7, 11) is 0. The number of carbonyl (C=O) groups is 2. The van der Waals surface area contributed by atoms with Crippen LogP contribution in [-0.2, 0) is 9.59 Å². The number of amides is 2. The van der Waals surface area contributed by atoms with Gasteiger partial charge in [-0.3, -0.25) is 9.59 Å². The van der Waals surface area contributed by atoms with Crippen LogP contribution in [0.2, 0.25) is 0 Å². The molecule has 2 fully saturated rings. The number of carbonyl (C=O) groups excluding carboxylic acids is 2. The van der Waals surface area contributed by atoms with E-state index in [1.54, 1.807) is 4.90 Å². The van der Waals surface area contributed by atoms with E-state index in [2.05, 4.69) is 13.8 Å². The molecule has 2 amide bonds. The molecule has 3 rings (SSSR count). The summed E-state index contributed by atoms with van der Waals surface area (Å²) in [6.45, 7) is 6.41. The van der Waals surface area contributed by atoms with Crippen LogP contribution in [0.4, 0.5) is 0 Å². The third kappa shape index (κ3) is 5.33. The Bertz CT molecular complexity index is 762. The van der Waals surface area contributed by atoms with Crippen molar-refractivity contribution >= 4 is 11.8 Å². The van der Waals surface area contributed by atoms with Crippen molar-refractivity contribution in [3.05, 3.63) is 35.9 Å². The standard InChI is InChI=1S/C25H40N4O3/c1-18(2)17-29-22(19-8-4-3-5-9-19)21(30)16-25(24(29)32)11-14-28(15-12-25)23(31)20(27)10-6-7-13-26/h3-5,8-9,18,20-22,30H,6-7,10-17,26-27H2,1-2H3/t20-,21-,22+/m1/s1. The molecule has 0 bridgehead atoms. The second-order valence-corrected chi connectivity index (χ2v) is 9.97. The van der Waals surface area contributed by atoms with Crippen molar-refractivity contribution in [3.63, 3.8) is 0 Å². The van der Waals surface area contributed by atoms with Gasteiger partial charge < -0.3 is 26.4 Å². The van der Waals surface area contributed by atoms with Crippen molar-refractivity contribution in [3.8, 4) is 0 Å². The van der Waals surface area contributed by atoms with Crippen molar-refractivity contribution in [1.29, 1.82) is 0 Å². The first kappa shape index (κ1) is 24.7. The van der Waals surface area contributed by atoms with E-state index in [1.165, 1.54) is 0 Å². The van der Waals surface area contributed by atoms with Gasteiger partial charge in [-0.2, -0.15) is 0 Å². The van der Waals surface area contributed by atoms with Gasteiger partial charge in [-0.05, 0) is 50.1 Å². The van der Waals surface area contributed by atoms with Gasteiger partial charge in [-0.15, -0.1) is 0 Å². The number of rotatable bonds is 8. The summed E-state index contributed by atoms with van der Waals surface area (Å²) in [6.07, 6.45) is 3.29. The van der Waals surface area contributed by atoms with Gasteiger partial charge in [0.15, 0.2) is 0 Å². The Hall–Kier alpha value is -1.96. The molecule has 0 aromatic heterocycles. The minimum absolute atomic E-state index is 0.0399. The molecular formula is C25H40N4O3. The molecule has 32 heavy (non-hydrogen) atoms. The number of hydrogen-bond acceptors (Lipinski definition) is 5. The molecular weight excluding hydrogens is 404 g/mol. The molecule has 1 aromatic carbocycles. The van der Waals surface area contributed by atoms with E-state index in [0.717, 1.165) is 18.4 Å². The fraction of sp³-hybridized carbons (Fsp3) is 0.680. The molecule has 2 saturated heterocycles. The SMILES string of the molecule is CC(C)CN1C(=O)C2(CCN(C(=O)[C@H](N)CCCCN)CC2)C[C@@H](O)[C@@H]1c1ccccc1. The Labute approximate surface area is 192 Å². The van der Waals surface area contributed by atoms with Crippen molar-refractivity contribution in [2.24, 2.45) is 22.8 Å². The van der Waals surface area contributed by atoms with Crippen LogP contribution < -0.4 is 11.5 Å². The molecule has 0 saturated carbocycles. The molecule has 178 valence electrons. The van der Waals surface area contributed by atoms with E-state index in [1.807, 2.05) is 35.2 Å². The van der Waals surface area contributed by atoms with Crippen molar-refractivity contribution < 1.29 is 14.7 Å². The van der Waals surface area contributed by atoms with Gasteiger partial charge in [-0.1, -0.05) is 50.6 Å². The second kappa shape index (κ2) is 10.8. The maximum Gasteiger partial charge on any atom is 0.239 e. The summed E-state index contributed by atoms with van der Waals surface area (Å²) < 4.78 is 0. The highest BCUT2D eigenvalue weighted by molar-refractivity contribution is 5.86. The maximum atomic E-state index is 13.8. The number of benzene rings is 1. The van der Waals surface area contributed by atoms with E-state index < -0.39 is 17.6 Å². The first-order valence-electron chi connectivity index (χ1n) is 12.1. The molecule has 0 aliphatic carbocycles. The normalized spacial score (nSPS) is 24.2. The first-order chi connectivity index (χ1) is 15.3. The molecule has 2 heterocycles. The Morgan fingerprint density at radius 3 is 2.44 bits per heavy atom. The fourth-order valence-corrected chi connectivity index (χ4v) is 5.32. The monoisotopic (exact) mass is 444 g/mol. The van der Waals surface area contributed by atoms with Crippen LogP contribution in [-0.4, -0.2) is 65.0 Å². The third-order valence-corrected chi connectivity index (χ3v) is 7.04. The first-order valence-corrected chi connectivity index (χ1v) is 12.1. The summed E-state index contributed by atoms with van der Waals surface area (Å²) in [4.78, 5) is 30.3. The van der Waals surface area contributed by atoms with E-state index in [0.29, 0.717) is 57.8 Å². The van der Waals surface area contributed by atoms with Crippen LogP contribution in [0.15, 0.2) is 30.3 Å². The number of likely N-dealkylation sites (tertiary alicyclic amines) is 2. The van der Waals surface area contributed by atoms with Crippen LogP contribution in [0.5, 0.6) is 0 Å². The van der Waals surface area contributed by atoms with Crippen LogP contribution in [0.1, 0.15) is 64.0 Å². The van der Waals surface area contributed by atoms with E-state index in [4.69, 9.17) is 11.5 Å². The largest absolute Gasteiger partial charge is 0.391 e. The predicted octanol–water partition coefficient (Wildman–Crippen LogP) is 2.04. The molecule has 0 radical (unpaired) electrons. The average molecular weight is 445 g/mol. The van der Waals surface area contributed by atoms with Crippen LogP contribution >= 0.6 is 0 Å². The minimum Gasteiger partial charge on any atom is -0.391 e. The number of unbranched alkanes of at least 4 members (excludes halogenated alkanes) is 1. The average Bonchev–Trinajstić information content (AvgIpc) is 2.78. The second-order valence-electron chi connectivity index (χ2n) is 9.97. The number of aliphatic hydroxyl groups excluding tert-OH is 1. The van der Waals surface area contributed by atoms with E-state index in [9.17, 15) is 14.7 Å². The Morgan fingerprint density at radius 1 is 1.19 bits per heavy atom. The van der Waals surface area contributed by atoms with Crippen LogP contribution in [0.25, 0.3) is 0 Å². The number of nitrogens with zero attached hydrogens (tertiary/aromatic N) is 2. The predicted molar refractivity (Wildman–Crippen MR) is 125 cm³/mol. The quantitative estimate of drug-likeness (QED) is 0.531. The van der Waals surface area contributed by atoms with Crippen molar-refractivity contribution in [2.45, 2.75) is 70.6 Å². The Kier molecular flexibility index (Phi) is 8.31. The van der Waals surface area contributed by atoms with Crippen LogP contribution in [0.3, 0.4) is 0 Å². The highest BCUT2D eigenvalue weighted by atomic mass is 16.3. The van der Waals surface area contributed by atoms with Gasteiger partial charge in [0.05, 0.1) is 23.6 Å². The summed E-state index contributed by atoms with van der Waals surface area (Å²) in [5.74, 6) is 0.368. The smallest absolute Gasteiger partial charge is 0.239 e. The summed E-state index contributed by atoms with van der Waals surface area (Å²) >= 11 is 0. The van der Waals surface area contributed by atoms with Crippen LogP contribution in [0, 0.1) is 11.3 Å². The number of nitrogens with two attached hydrogens (primary N) is 2. The lowest BCUT2D eigenvalue weighted by Gasteiger charge is -2.52. The lowest BCUT2D eigenvalue weighted by molar-refractivity contribution is -0.166. The van der Waals surface area contributed by atoms with Gasteiger partial charge in [0.1, 0.15) is 0 Å². The molecule has 5 N–H and O–H groups in total. The fourth-order valence-electron chi connectivity index (χ4n) is 5.32.